The molecule has 3 heterocycles. The normalized spacial score (nSPS) is 13.8. The Morgan fingerprint density at radius 2 is 1.62 bits per heavy atom. The number of hydrogen-bond acceptors (Lipinski definition) is 4. The first-order chi connectivity index (χ1) is 17.7. The third-order valence-corrected chi connectivity index (χ3v) is 6.85. The van der Waals surface area contributed by atoms with Gasteiger partial charge in [0.1, 0.15) is 5.57 Å². The van der Waals surface area contributed by atoms with Crippen LogP contribution in [0.15, 0.2) is 73.1 Å². The summed E-state index contributed by atoms with van der Waals surface area (Å²) in [6, 6.07) is 17.1. The van der Waals surface area contributed by atoms with Gasteiger partial charge in [0.15, 0.2) is 12.4 Å². The van der Waals surface area contributed by atoms with Gasteiger partial charge in [0.25, 0.3) is 11.6 Å². The molecule has 0 unspecified atom stereocenters. The van der Waals surface area contributed by atoms with E-state index in [0.717, 1.165) is 10.5 Å². The summed E-state index contributed by atoms with van der Waals surface area (Å²) < 4.78 is 2.76. The summed E-state index contributed by atoms with van der Waals surface area (Å²) in [6.07, 6.45) is 3.34. The number of amides is 2. The van der Waals surface area contributed by atoms with Crippen LogP contribution in [0.1, 0.15) is 36.6 Å². The molecule has 2 amide bonds. The van der Waals surface area contributed by atoms with E-state index in [0.29, 0.717) is 22.1 Å². The molecule has 1 aliphatic rings. The van der Waals surface area contributed by atoms with Crippen LogP contribution < -0.4 is 14.6 Å². The maximum absolute atomic E-state index is 14.0. The Morgan fingerprint density at radius 3 is 2.27 bits per heavy atom. The molecule has 1 aliphatic heterocycles. The topological polar surface area (TPSA) is 82.1 Å². The van der Waals surface area contributed by atoms with Gasteiger partial charge in [-0.05, 0) is 54.6 Å². The fraction of sp³-hybridized carbons (Fsp3) is 0.143. The average molecular weight is 533 g/mol. The molecule has 0 atom stereocenters. The lowest BCUT2D eigenvalue weighted by molar-refractivity contribution is -0.576. The number of pyridine rings is 1. The SMILES string of the molecule is Cc1cccc(N2C(=O)C(c3c(C(C)C)nn(-c4ccc(Cl)c(Cl)c4)c3[O-])=C([n+]3ccccc3)C2=O)c1. The van der Waals surface area contributed by atoms with E-state index in [1.165, 1.54) is 10.7 Å². The van der Waals surface area contributed by atoms with Gasteiger partial charge in [-0.15, -0.1) is 0 Å². The van der Waals surface area contributed by atoms with Crippen molar-refractivity contribution < 1.29 is 19.3 Å². The fourth-order valence-corrected chi connectivity index (χ4v) is 4.67. The minimum atomic E-state index is -0.588. The number of anilines is 1. The van der Waals surface area contributed by atoms with Crippen molar-refractivity contribution in [3.05, 3.63) is 99.9 Å². The molecule has 0 saturated carbocycles. The van der Waals surface area contributed by atoms with Crippen molar-refractivity contribution >= 4 is 52.0 Å². The van der Waals surface area contributed by atoms with Crippen molar-refractivity contribution in [1.82, 2.24) is 9.78 Å². The molecule has 0 N–H and O–H groups in total. The number of carbonyl (C=O) groups is 2. The van der Waals surface area contributed by atoms with Crippen molar-refractivity contribution in [3.63, 3.8) is 0 Å². The minimum Gasteiger partial charge on any atom is -0.858 e. The molecule has 4 aromatic rings. The highest BCUT2D eigenvalue weighted by Crippen LogP contribution is 2.41. The van der Waals surface area contributed by atoms with E-state index in [9.17, 15) is 14.7 Å². The molecule has 9 heteroatoms. The number of aryl methyl sites for hydroxylation is 1. The molecule has 7 nitrogen and oxygen atoms in total. The quantitative estimate of drug-likeness (QED) is 0.270. The molecule has 0 fully saturated rings. The van der Waals surface area contributed by atoms with Gasteiger partial charge < -0.3 is 5.11 Å². The van der Waals surface area contributed by atoms with Crippen molar-refractivity contribution in [1.29, 1.82) is 0 Å². The number of halogens is 2. The second-order valence-electron chi connectivity index (χ2n) is 9.02. The van der Waals surface area contributed by atoms with Gasteiger partial charge in [0, 0.05) is 17.7 Å². The number of benzene rings is 2. The first-order valence-corrected chi connectivity index (χ1v) is 12.4. The first-order valence-electron chi connectivity index (χ1n) is 11.6. The second kappa shape index (κ2) is 9.50. The summed E-state index contributed by atoms with van der Waals surface area (Å²) in [4.78, 5) is 28.9. The zero-order valence-corrected chi connectivity index (χ0v) is 21.8. The van der Waals surface area contributed by atoms with Gasteiger partial charge in [0.2, 0.25) is 0 Å². The molecule has 2 aromatic carbocycles. The molecule has 2 aromatic heterocycles. The van der Waals surface area contributed by atoms with E-state index in [1.54, 1.807) is 65.5 Å². The zero-order chi connectivity index (χ0) is 26.4. The summed E-state index contributed by atoms with van der Waals surface area (Å²) in [6.45, 7) is 5.63. The zero-order valence-electron chi connectivity index (χ0n) is 20.3. The van der Waals surface area contributed by atoms with E-state index >= 15 is 0 Å². The predicted octanol–water partition coefficient (Wildman–Crippen LogP) is 4.91. The Bertz CT molecular complexity index is 1590. The van der Waals surface area contributed by atoms with Crippen LogP contribution in [0.25, 0.3) is 17.0 Å². The van der Waals surface area contributed by atoms with Gasteiger partial charge in [-0.2, -0.15) is 9.67 Å². The lowest BCUT2D eigenvalue weighted by atomic mass is 9.98. The van der Waals surface area contributed by atoms with Gasteiger partial charge in [0.05, 0.1) is 27.1 Å². The highest BCUT2D eigenvalue weighted by molar-refractivity contribution is 6.53. The van der Waals surface area contributed by atoms with Gasteiger partial charge in [-0.3, -0.25) is 9.59 Å². The molecule has 0 radical (unpaired) electrons. The Balaban J connectivity index is 1.79. The molecule has 0 aliphatic carbocycles. The molecule has 37 heavy (non-hydrogen) atoms. The van der Waals surface area contributed by atoms with Crippen molar-refractivity contribution in [2.75, 3.05) is 4.90 Å². The molecule has 0 saturated heterocycles. The monoisotopic (exact) mass is 532 g/mol. The standard InChI is InChI=1S/C28H22Cl2N4O3/c1-16(2)24-22(27(36)34(31-24)19-10-11-20(29)21(30)15-19)23-25(32-12-5-4-6-13-32)28(37)33(26(23)35)18-9-7-8-17(3)14-18/h4-16H,1-3H3. The number of carbonyl (C=O) groups excluding carboxylic acids is 2. The summed E-state index contributed by atoms with van der Waals surface area (Å²) in [5.74, 6) is -1.87. The molecule has 0 bridgehead atoms. The van der Waals surface area contributed by atoms with Gasteiger partial charge in [-0.25, -0.2) is 9.58 Å². The van der Waals surface area contributed by atoms with Crippen LogP contribution in [-0.2, 0) is 9.59 Å². The van der Waals surface area contributed by atoms with Crippen LogP contribution in [0.2, 0.25) is 10.0 Å². The van der Waals surface area contributed by atoms with Gasteiger partial charge in [-0.1, -0.05) is 55.2 Å². The van der Waals surface area contributed by atoms with E-state index in [4.69, 9.17) is 23.2 Å². The molecule has 186 valence electrons. The third kappa shape index (κ3) is 4.20. The lowest BCUT2D eigenvalue weighted by Crippen LogP contribution is -2.39. The number of aromatic nitrogens is 3. The first kappa shape index (κ1) is 24.7. The van der Waals surface area contributed by atoms with E-state index in [1.807, 2.05) is 26.8 Å². The highest BCUT2D eigenvalue weighted by atomic mass is 35.5. The predicted molar refractivity (Wildman–Crippen MR) is 141 cm³/mol. The van der Waals surface area contributed by atoms with Crippen LogP contribution in [0.4, 0.5) is 5.69 Å². The average Bonchev–Trinajstić information content (AvgIpc) is 3.34. The largest absolute Gasteiger partial charge is 0.858 e. The molecular weight excluding hydrogens is 511 g/mol. The molecule has 5 rings (SSSR count). The smallest absolute Gasteiger partial charge is 0.331 e. The van der Waals surface area contributed by atoms with E-state index in [2.05, 4.69) is 5.10 Å². The van der Waals surface area contributed by atoms with Crippen LogP contribution in [0, 0.1) is 6.92 Å². The van der Waals surface area contributed by atoms with Crippen molar-refractivity contribution in [3.8, 4) is 11.6 Å². The molecule has 0 spiro atoms. The Morgan fingerprint density at radius 1 is 0.892 bits per heavy atom. The van der Waals surface area contributed by atoms with Crippen molar-refractivity contribution in [2.24, 2.45) is 0 Å². The maximum atomic E-state index is 14.0. The van der Waals surface area contributed by atoms with Crippen molar-refractivity contribution in [2.45, 2.75) is 26.7 Å². The number of imide groups is 1. The summed E-state index contributed by atoms with van der Waals surface area (Å²) in [5.41, 5.74) is 2.28. The lowest BCUT2D eigenvalue weighted by Gasteiger charge is -2.16. The third-order valence-electron chi connectivity index (χ3n) is 6.11. The minimum absolute atomic E-state index is 0.00252. The fourth-order valence-electron chi connectivity index (χ4n) is 4.38. The number of rotatable bonds is 5. The van der Waals surface area contributed by atoms with Crippen LogP contribution >= 0.6 is 23.2 Å². The number of nitrogens with zero attached hydrogens (tertiary/aromatic N) is 4. The Labute approximate surface area is 223 Å². The van der Waals surface area contributed by atoms with E-state index < -0.39 is 17.7 Å². The Kier molecular flexibility index (Phi) is 6.35. The van der Waals surface area contributed by atoms with Crippen LogP contribution in [0.3, 0.4) is 0 Å². The van der Waals surface area contributed by atoms with Crippen LogP contribution in [-0.4, -0.2) is 21.6 Å². The summed E-state index contributed by atoms with van der Waals surface area (Å²) in [5, 5.41) is 19.1. The van der Waals surface area contributed by atoms with E-state index in [-0.39, 0.29) is 27.8 Å². The molecular formula is C28H22Cl2N4O3. The van der Waals surface area contributed by atoms with Gasteiger partial charge >= 0.3 is 5.91 Å². The summed E-state index contributed by atoms with van der Waals surface area (Å²) >= 11 is 12.3. The summed E-state index contributed by atoms with van der Waals surface area (Å²) in [7, 11) is 0. The second-order valence-corrected chi connectivity index (χ2v) is 9.84. The Hall–Kier alpha value is -3.94. The number of hydrogen-bond donors (Lipinski definition) is 0. The highest BCUT2D eigenvalue weighted by Gasteiger charge is 2.47. The maximum Gasteiger partial charge on any atom is 0.331 e. The van der Waals surface area contributed by atoms with Crippen LogP contribution in [0.5, 0.6) is 5.88 Å².